The monoisotopic (exact) mass is 280 g/mol. The van der Waals surface area contributed by atoms with Crippen LogP contribution in [0.2, 0.25) is 0 Å². The Hall–Kier alpha value is -1.00. The van der Waals surface area contributed by atoms with E-state index in [2.05, 4.69) is 36.5 Å². The molecule has 0 aromatic heterocycles. The number of benzene rings is 1. The molecule has 4 heteroatoms. The number of thioether (sulfide) groups is 1. The lowest BCUT2D eigenvalue weighted by Gasteiger charge is -2.25. The minimum Gasteiger partial charge on any atom is -0.368 e. The van der Waals surface area contributed by atoms with E-state index in [9.17, 15) is 4.79 Å². The van der Waals surface area contributed by atoms with Crippen molar-refractivity contribution in [3.8, 4) is 0 Å². The fourth-order valence-electron chi connectivity index (χ4n) is 1.78. The molecule has 0 saturated carbocycles. The molecule has 1 aromatic carbocycles. The van der Waals surface area contributed by atoms with E-state index in [0.29, 0.717) is 0 Å². The maximum atomic E-state index is 11.3. The number of unbranched alkanes of at least 4 members (excludes halogenated alkanes) is 1. The van der Waals surface area contributed by atoms with Crippen molar-refractivity contribution in [3.05, 3.63) is 29.8 Å². The number of primary amides is 1. The molecule has 0 heterocycles. The molecule has 19 heavy (non-hydrogen) atoms. The van der Waals surface area contributed by atoms with Gasteiger partial charge in [0.2, 0.25) is 5.91 Å². The van der Waals surface area contributed by atoms with E-state index in [1.807, 2.05) is 18.7 Å². The number of hydrogen-bond donors (Lipinski definition) is 2. The van der Waals surface area contributed by atoms with Crippen LogP contribution in [0.4, 0.5) is 0 Å². The molecular formula is C15H24N2OS. The minimum atomic E-state index is -0.575. The van der Waals surface area contributed by atoms with E-state index in [-0.39, 0.29) is 5.91 Å². The van der Waals surface area contributed by atoms with Gasteiger partial charge in [0.25, 0.3) is 0 Å². The van der Waals surface area contributed by atoms with Crippen molar-refractivity contribution >= 4 is 17.7 Å². The van der Waals surface area contributed by atoms with Gasteiger partial charge in [-0.15, -0.1) is 11.8 Å². The van der Waals surface area contributed by atoms with E-state index < -0.39 is 5.54 Å². The number of nitrogens with two attached hydrogens (primary N) is 1. The summed E-state index contributed by atoms with van der Waals surface area (Å²) >= 11 is 1.86. The van der Waals surface area contributed by atoms with Crippen LogP contribution in [0.5, 0.6) is 0 Å². The van der Waals surface area contributed by atoms with E-state index in [4.69, 9.17) is 5.73 Å². The van der Waals surface area contributed by atoms with E-state index in [1.54, 1.807) is 7.05 Å². The van der Waals surface area contributed by atoms with E-state index in [1.165, 1.54) is 10.5 Å². The number of amides is 1. The van der Waals surface area contributed by atoms with Crippen molar-refractivity contribution in [3.63, 3.8) is 0 Å². The highest BCUT2D eigenvalue weighted by molar-refractivity contribution is 7.99. The van der Waals surface area contributed by atoms with Gasteiger partial charge in [0.05, 0.1) is 5.54 Å². The molecule has 0 aliphatic heterocycles. The average Bonchev–Trinajstić information content (AvgIpc) is 2.40. The van der Waals surface area contributed by atoms with Gasteiger partial charge in [0, 0.05) is 4.90 Å². The summed E-state index contributed by atoms with van der Waals surface area (Å²) in [7, 11) is 1.78. The first-order chi connectivity index (χ1) is 8.98. The number of carbonyl (C=O) groups excluding carboxylic acids is 1. The third-order valence-electron chi connectivity index (χ3n) is 3.46. The normalized spacial score (nSPS) is 14.1. The molecule has 0 aliphatic carbocycles. The van der Waals surface area contributed by atoms with Crippen LogP contribution in [0, 0.1) is 6.92 Å². The molecule has 0 radical (unpaired) electrons. The predicted octanol–water partition coefficient (Wildman–Crippen LogP) is 2.72. The summed E-state index contributed by atoms with van der Waals surface area (Å²) in [6, 6.07) is 8.57. The molecule has 0 spiro atoms. The van der Waals surface area contributed by atoms with Crippen molar-refractivity contribution in [1.82, 2.24) is 5.32 Å². The Kier molecular flexibility index (Phi) is 6.38. The van der Waals surface area contributed by atoms with Gasteiger partial charge in [-0.3, -0.25) is 4.79 Å². The van der Waals surface area contributed by atoms with Crippen LogP contribution >= 0.6 is 11.8 Å². The van der Waals surface area contributed by atoms with Crippen LogP contribution in [0.25, 0.3) is 0 Å². The highest BCUT2D eigenvalue weighted by Gasteiger charge is 2.27. The molecule has 3 N–H and O–H groups in total. The molecule has 1 aromatic rings. The Labute approximate surface area is 120 Å². The van der Waals surface area contributed by atoms with Crippen LogP contribution in [0.15, 0.2) is 29.2 Å². The SMILES string of the molecule is CNC(C)(CCCCSc1ccc(C)cc1)C(N)=O. The molecule has 106 valence electrons. The van der Waals surface area contributed by atoms with Gasteiger partial charge in [-0.2, -0.15) is 0 Å². The van der Waals surface area contributed by atoms with Gasteiger partial charge in [-0.25, -0.2) is 0 Å². The quantitative estimate of drug-likeness (QED) is 0.568. The molecule has 0 fully saturated rings. The lowest BCUT2D eigenvalue weighted by Crippen LogP contribution is -2.51. The number of rotatable bonds is 8. The van der Waals surface area contributed by atoms with Gasteiger partial charge < -0.3 is 11.1 Å². The molecule has 0 bridgehead atoms. The van der Waals surface area contributed by atoms with Crippen molar-refractivity contribution in [2.45, 2.75) is 43.5 Å². The predicted molar refractivity (Wildman–Crippen MR) is 82.4 cm³/mol. The zero-order valence-electron chi connectivity index (χ0n) is 12.0. The third-order valence-corrected chi connectivity index (χ3v) is 4.55. The average molecular weight is 280 g/mol. The molecule has 1 amide bonds. The second-order valence-corrected chi connectivity index (χ2v) is 6.23. The highest BCUT2D eigenvalue weighted by Crippen LogP contribution is 2.21. The number of carbonyl (C=O) groups is 1. The minimum absolute atomic E-state index is 0.277. The smallest absolute Gasteiger partial charge is 0.237 e. The largest absolute Gasteiger partial charge is 0.368 e. The summed E-state index contributed by atoms with van der Waals surface area (Å²) in [4.78, 5) is 12.6. The van der Waals surface area contributed by atoms with Crippen LogP contribution in [-0.2, 0) is 4.79 Å². The molecule has 1 atom stereocenters. The Balaban J connectivity index is 2.24. The third kappa shape index (κ3) is 5.25. The van der Waals surface area contributed by atoms with Gasteiger partial charge >= 0.3 is 0 Å². The van der Waals surface area contributed by atoms with Crippen molar-refractivity contribution in [1.29, 1.82) is 0 Å². The lowest BCUT2D eigenvalue weighted by molar-refractivity contribution is -0.123. The number of nitrogens with one attached hydrogen (secondary N) is 1. The van der Waals surface area contributed by atoms with Crippen molar-refractivity contribution < 1.29 is 4.79 Å². The maximum absolute atomic E-state index is 11.3. The van der Waals surface area contributed by atoms with Crippen molar-refractivity contribution in [2.75, 3.05) is 12.8 Å². The number of likely N-dealkylation sites (N-methyl/N-ethyl adjacent to an activating group) is 1. The lowest BCUT2D eigenvalue weighted by atomic mass is 9.94. The molecule has 0 aliphatic rings. The Morgan fingerprint density at radius 2 is 1.95 bits per heavy atom. The number of hydrogen-bond acceptors (Lipinski definition) is 3. The van der Waals surface area contributed by atoms with Gasteiger partial charge in [-0.1, -0.05) is 24.1 Å². The summed E-state index contributed by atoms with van der Waals surface area (Å²) in [5, 5.41) is 3.01. The second-order valence-electron chi connectivity index (χ2n) is 5.06. The van der Waals surface area contributed by atoms with Crippen molar-refractivity contribution in [2.24, 2.45) is 5.73 Å². The van der Waals surface area contributed by atoms with Crippen LogP contribution in [-0.4, -0.2) is 24.2 Å². The summed E-state index contributed by atoms with van der Waals surface area (Å²) in [5.74, 6) is 0.794. The van der Waals surface area contributed by atoms with Crippen LogP contribution in [0.3, 0.4) is 0 Å². The van der Waals surface area contributed by atoms with E-state index >= 15 is 0 Å². The Morgan fingerprint density at radius 3 is 2.47 bits per heavy atom. The zero-order chi connectivity index (χ0) is 14.3. The van der Waals surface area contributed by atoms with Crippen LogP contribution < -0.4 is 11.1 Å². The summed E-state index contributed by atoms with van der Waals surface area (Å²) < 4.78 is 0. The first-order valence-electron chi connectivity index (χ1n) is 6.66. The van der Waals surface area contributed by atoms with E-state index in [0.717, 1.165) is 25.0 Å². The zero-order valence-corrected chi connectivity index (χ0v) is 12.8. The summed E-state index contributed by atoms with van der Waals surface area (Å²) in [5.41, 5.74) is 6.11. The molecule has 1 rings (SSSR count). The molecule has 3 nitrogen and oxygen atoms in total. The van der Waals surface area contributed by atoms with Gasteiger partial charge in [-0.05, 0) is 51.6 Å². The number of aryl methyl sites for hydroxylation is 1. The van der Waals surface area contributed by atoms with Crippen LogP contribution in [0.1, 0.15) is 31.7 Å². The van der Waals surface area contributed by atoms with Gasteiger partial charge in [0.1, 0.15) is 0 Å². The fourth-order valence-corrected chi connectivity index (χ4v) is 2.69. The molecule has 1 unspecified atom stereocenters. The highest BCUT2D eigenvalue weighted by atomic mass is 32.2. The second kappa shape index (κ2) is 7.56. The molecule has 0 saturated heterocycles. The first-order valence-corrected chi connectivity index (χ1v) is 7.65. The van der Waals surface area contributed by atoms with Gasteiger partial charge in [0.15, 0.2) is 0 Å². The Bertz CT molecular complexity index is 405. The topological polar surface area (TPSA) is 55.1 Å². The standard InChI is InChI=1S/C15H24N2OS/c1-12-6-8-13(9-7-12)19-11-5-4-10-15(2,17-3)14(16)18/h6-9,17H,4-5,10-11H2,1-3H3,(H2,16,18). The summed E-state index contributed by atoms with van der Waals surface area (Å²) in [6.07, 6.45) is 2.87. The maximum Gasteiger partial charge on any atom is 0.237 e. The fraction of sp³-hybridized carbons (Fsp3) is 0.533. The summed E-state index contributed by atoms with van der Waals surface area (Å²) in [6.45, 7) is 3.96. The first kappa shape index (κ1) is 16.1. The Morgan fingerprint density at radius 1 is 1.32 bits per heavy atom. The molecular weight excluding hydrogens is 256 g/mol.